The Morgan fingerprint density at radius 1 is 0.589 bits per heavy atom. The summed E-state index contributed by atoms with van der Waals surface area (Å²) in [6.07, 6.45) is 41.1. The van der Waals surface area contributed by atoms with Gasteiger partial charge in [0, 0.05) is 13.0 Å². The normalized spacial score (nSPS) is 13.9. The van der Waals surface area contributed by atoms with Gasteiger partial charge >= 0.3 is 11.9 Å². The molecule has 0 unspecified atom stereocenters. The van der Waals surface area contributed by atoms with Crippen LogP contribution in [-0.2, 0) is 19.1 Å². The second kappa shape index (κ2) is 35.8. The molecule has 0 aromatic rings. The zero-order valence-electron chi connectivity index (χ0n) is 38.4. The fourth-order valence-corrected chi connectivity index (χ4v) is 8.25. The zero-order chi connectivity index (χ0) is 41.0. The minimum absolute atomic E-state index is 0.0230. The molecule has 0 spiro atoms. The third kappa shape index (κ3) is 30.0. The molecule has 0 atom stereocenters. The van der Waals surface area contributed by atoms with Crippen LogP contribution in [0, 0.1) is 10.8 Å². The molecule has 0 aromatic carbocycles. The van der Waals surface area contributed by atoms with Crippen LogP contribution >= 0.6 is 0 Å². The minimum Gasteiger partial charge on any atom is -0.465 e. The van der Waals surface area contributed by atoms with Gasteiger partial charge in [0.05, 0.1) is 12.0 Å². The van der Waals surface area contributed by atoms with E-state index in [1.54, 1.807) is 0 Å². The van der Waals surface area contributed by atoms with Gasteiger partial charge in [0.15, 0.2) is 0 Å². The Bertz CT molecular complexity index is 886. The van der Waals surface area contributed by atoms with Crippen LogP contribution in [0.5, 0.6) is 0 Å². The molecule has 0 aliphatic heterocycles. The molecule has 6 heteroatoms. The molecule has 6 nitrogen and oxygen atoms in total. The summed E-state index contributed by atoms with van der Waals surface area (Å²) in [7, 11) is 0. The van der Waals surface area contributed by atoms with E-state index in [2.05, 4.69) is 39.5 Å². The summed E-state index contributed by atoms with van der Waals surface area (Å²) in [6.45, 7) is 15.4. The van der Waals surface area contributed by atoms with E-state index in [4.69, 9.17) is 9.47 Å². The minimum atomic E-state index is -0.180. The first kappa shape index (κ1) is 52.9. The lowest BCUT2D eigenvalue weighted by molar-refractivity contribution is -0.157. The summed E-state index contributed by atoms with van der Waals surface area (Å²) in [5, 5.41) is 9.37. The molecule has 1 aliphatic rings. The van der Waals surface area contributed by atoms with Crippen molar-refractivity contribution >= 4 is 11.9 Å². The van der Waals surface area contributed by atoms with E-state index >= 15 is 0 Å². The fourth-order valence-electron chi connectivity index (χ4n) is 8.25. The van der Waals surface area contributed by atoms with Crippen molar-refractivity contribution < 1.29 is 24.2 Å². The van der Waals surface area contributed by atoms with E-state index in [-0.39, 0.29) is 35.5 Å². The highest BCUT2D eigenvalue weighted by Crippen LogP contribution is 2.51. The van der Waals surface area contributed by atoms with Gasteiger partial charge in [-0.25, -0.2) is 0 Å². The lowest BCUT2D eigenvalue weighted by Gasteiger charge is -2.25. The van der Waals surface area contributed by atoms with Crippen molar-refractivity contribution in [3.63, 3.8) is 0 Å². The molecule has 0 radical (unpaired) electrons. The van der Waals surface area contributed by atoms with Gasteiger partial charge < -0.3 is 19.5 Å². The van der Waals surface area contributed by atoms with E-state index < -0.39 is 0 Å². The molecule has 1 N–H and O–H groups in total. The molecule has 0 aromatic heterocycles. The van der Waals surface area contributed by atoms with Gasteiger partial charge in [-0.2, -0.15) is 0 Å². The second-order valence-electron chi connectivity index (χ2n) is 18.9. The predicted octanol–water partition coefficient (Wildman–Crippen LogP) is 14.5. The van der Waals surface area contributed by atoms with Crippen molar-refractivity contribution in [2.24, 2.45) is 10.8 Å². The zero-order valence-corrected chi connectivity index (χ0v) is 38.4. The molecule has 0 heterocycles. The van der Waals surface area contributed by atoms with E-state index in [0.717, 1.165) is 96.7 Å². The monoisotopic (exact) mass is 792 g/mol. The van der Waals surface area contributed by atoms with Gasteiger partial charge in [-0.05, 0) is 109 Å². The fraction of sp³-hybridized carbons (Fsp3) is 0.960. The van der Waals surface area contributed by atoms with Crippen LogP contribution in [-0.4, -0.2) is 60.9 Å². The summed E-state index contributed by atoms with van der Waals surface area (Å²) < 4.78 is 12.0. The number of ether oxygens (including phenoxy) is 2. The highest BCUT2D eigenvalue weighted by Gasteiger charge is 2.51. The average Bonchev–Trinajstić information content (AvgIpc) is 3.98. The van der Waals surface area contributed by atoms with Crippen LogP contribution in [0.3, 0.4) is 0 Å². The van der Waals surface area contributed by atoms with Crippen molar-refractivity contribution in [3.05, 3.63) is 0 Å². The first-order chi connectivity index (χ1) is 27.2. The molecule has 1 rings (SSSR count). The molecule has 1 aliphatic carbocycles. The maximum absolute atomic E-state index is 13.5. The number of hydrogen-bond donors (Lipinski definition) is 1. The number of unbranched alkanes of at least 4 members (excludes halogenated alkanes) is 22. The Labute approximate surface area is 349 Å². The molecule has 0 saturated heterocycles. The molecule has 1 saturated carbocycles. The van der Waals surface area contributed by atoms with Gasteiger partial charge in [-0.15, -0.1) is 0 Å². The average molecular weight is 792 g/mol. The molecule has 0 bridgehead atoms. The van der Waals surface area contributed by atoms with Crippen LogP contribution in [0.25, 0.3) is 0 Å². The highest BCUT2D eigenvalue weighted by molar-refractivity contribution is 5.80. The van der Waals surface area contributed by atoms with Crippen LogP contribution in [0.4, 0.5) is 0 Å². The number of carbonyl (C=O) groups excluding carboxylic acids is 2. The van der Waals surface area contributed by atoms with Crippen LogP contribution in [0.2, 0.25) is 0 Å². The summed E-state index contributed by atoms with van der Waals surface area (Å²) in [5.74, 6) is 0.0961. The predicted molar refractivity (Wildman–Crippen MR) is 239 cm³/mol. The van der Waals surface area contributed by atoms with Gasteiger partial charge in [-0.1, -0.05) is 169 Å². The van der Waals surface area contributed by atoms with Crippen molar-refractivity contribution in [1.82, 2.24) is 4.90 Å². The number of rotatable bonds is 43. The summed E-state index contributed by atoms with van der Waals surface area (Å²) in [4.78, 5) is 28.4. The Kier molecular flexibility index (Phi) is 33.8. The second-order valence-corrected chi connectivity index (χ2v) is 18.9. The number of aliphatic hydroxyl groups excluding tert-OH is 1. The van der Waals surface area contributed by atoms with Crippen LogP contribution in [0.1, 0.15) is 259 Å². The van der Waals surface area contributed by atoms with Gasteiger partial charge in [-0.3, -0.25) is 9.59 Å². The first-order valence-electron chi connectivity index (χ1n) is 24.9. The van der Waals surface area contributed by atoms with Crippen LogP contribution in [0.15, 0.2) is 0 Å². The number of hydrogen-bond acceptors (Lipinski definition) is 6. The number of carbonyl (C=O) groups is 2. The standard InChI is InChI=1S/C50H97NO5/c1-6-9-12-15-18-21-27-36-47(53)55-45-49(4,5)37-28-24-31-42-51(43-32-33-44-52)41-30-23-22-29-38-50(39-40-50)48(54)56-46(34-25-19-16-13-10-7-2)35-26-20-17-14-11-8-3/h46,52H,6-45H2,1-5H3. The van der Waals surface area contributed by atoms with Crippen molar-refractivity contribution in [3.8, 4) is 0 Å². The SMILES string of the molecule is CCCCCCCCCC(=O)OCC(C)(C)CCCCCN(CCCCO)CCCCCCC1(C(=O)OC(CCCCCCCC)CCCCCCCC)CC1. The lowest BCUT2D eigenvalue weighted by atomic mass is 9.88. The molecular weight excluding hydrogens is 695 g/mol. The maximum Gasteiger partial charge on any atom is 0.312 e. The van der Waals surface area contributed by atoms with Crippen molar-refractivity contribution in [2.75, 3.05) is 32.8 Å². The van der Waals surface area contributed by atoms with E-state index in [1.807, 2.05) is 0 Å². The quantitative estimate of drug-likeness (QED) is 0.0490. The van der Waals surface area contributed by atoms with Crippen molar-refractivity contribution in [2.45, 2.75) is 265 Å². The number of aliphatic hydroxyl groups is 1. The molecule has 56 heavy (non-hydrogen) atoms. The smallest absolute Gasteiger partial charge is 0.312 e. The third-order valence-electron chi connectivity index (χ3n) is 12.5. The molecule has 1 fully saturated rings. The molecular formula is C50H97NO5. The number of nitrogens with zero attached hydrogens (tertiary/aromatic N) is 1. The topological polar surface area (TPSA) is 76.1 Å². The largest absolute Gasteiger partial charge is 0.465 e. The Balaban J connectivity index is 2.33. The summed E-state index contributed by atoms with van der Waals surface area (Å²) >= 11 is 0. The number of esters is 2. The van der Waals surface area contributed by atoms with Gasteiger partial charge in [0.2, 0.25) is 0 Å². The molecule has 0 amide bonds. The first-order valence-corrected chi connectivity index (χ1v) is 24.9. The van der Waals surface area contributed by atoms with Gasteiger partial charge in [0.1, 0.15) is 6.10 Å². The van der Waals surface area contributed by atoms with E-state index in [1.165, 1.54) is 141 Å². The Morgan fingerprint density at radius 3 is 1.55 bits per heavy atom. The Hall–Kier alpha value is -1.14. The van der Waals surface area contributed by atoms with E-state index in [0.29, 0.717) is 13.0 Å². The van der Waals surface area contributed by atoms with Crippen molar-refractivity contribution in [1.29, 1.82) is 0 Å². The Morgan fingerprint density at radius 2 is 1.04 bits per heavy atom. The summed E-state index contributed by atoms with van der Waals surface area (Å²) in [6, 6.07) is 0. The van der Waals surface area contributed by atoms with E-state index in [9.17, 15) is 14.7 Å². The van der Waals surface area contributed by atoms with Crippen LogP contribution < -0.4 is 0 Å². The maximum atomic E-state index is 13.5. The third-order valence-corrected chi connectivity index (χ3v) is 12.5. The molecule has 332 valence electrons. The summed E-state index contributed by atoms with van der Waals surface area (Å²) in [5.41, 5.74) is -0.157. The van der Waals surface area contributed by atoms with Gasteiger partial charge in [0.25, 0.3) is 0 Å². The highest BCUT2D eigenvalue weighted by atomic mass is 16.5. The lowest BCUT2D eigenvalue weighted by Crippen LogP contribution is -2.27.